The van der Waals surface area contributed by atoms with Gasteiger partial charge in [-0.1, -0.05) is 20.8 Å². The lowest BCUT2D eigenvalue weighted by Gasteiger charge is -2.23. The van der Waals surface area contributed by atoms with Crippen LogP contribution in [0.25, 0.3) is 0 Å². The van der Waals surface area contributed by atoms with Crippen LogP contribution in [0, 0.1) is 21.4 Å². The molecule has 1 aromatic rings. The lowest BCUT2D eigenvalue weighted by Crippen LogP contribution is -2.27. The van der Waals surface area contributed by atoms with E-state index in [1.165, 1.54) is 18.3 Å². The third-order valence-corrected chi connectivity index (χ3v) is 2.69. The average Bonchev–Trinajstić information content (AvgIpc) is 2.33. The molecule has 0 amide bonds. The molecule has 0 spiro atoms. The summed E-state index contributed by atoms with van der Waals surface area (Å²) in [5.74, 6) is -1.16. The lowest BCUT2D eigenvalue weighted by atomic mass is 9.84. The van der Waals surface area contributed by atoms with Crippen molar-refractivity contribution in [1.82, 2.24) is 4.98 Å². The molecular formula is C13H19N3O4. The molecule has 0 bridgehead atoms. The van der Waals surface area contributed by atoms with Crippen molar-refractivity contribution in [3.63, 3.8) is 0 Å². The third-order valence-electron chi connectivity index (χ3n) is 2.69. The van der Waals surface area contributed by atoms with Crippen LogP contribution in [-0.4, -0.2) is 27.5 Å². The Morgan fingerprint density at radius 3 is 2.70 bits per heavy atom. The van der Waals surface area contributed by atoms with Gasteiger partial charge in [0.15, 0.2) is 0 Å². The van der Waals surface area contributed by atoms with Gasteiger partial charge >= 0.3 is 5.97 Å². The number of rotatable bonds is 6. The summed E-state index contributed by atoms with van der Waals surface area (Å²) in [5.41, 5.74) is -0.189. The Hall–Kier alpha value is -2.18. The summed E-state index contributed by atoms with van der Waals surface area (Å²) in [6, 6.07) is 2.57. The Kier molecular flexibility index (Phi) is 5.01. The van der Waals surface area contributed by atoms with E-state index in [4.69, 9.17) is 0 Å². The number of anilines is 1. The summed E-state index contributed by atoms with van der Waals surface area (Å²) in [5, 5.41) is 22.7. The molecule has 0 aliphatic heterocycles. The van der Waals surface area contributed by atoms with Gasteiger partial charge in [0, 0.05) is 18.8 Å². The molecule has 0 saturated heterocycles. The highest BCUT2D eigenvalue weighted by Gasteiger charge is 2.24. The fraction of sp³-hybridized carbons (Fsp3) is 0.538. The van der Waals surface area contributed by atoms with Crippen LogP contribution < -0.4 is 5.32 Å². The van der Waals surface area contributed by atoms with E-state index in [1.807, 2.05) is 20.8 Å². The van der Waals surface area contributed by atoms with E-state index < -0.39 is 16.8 Å². The number of nitrogens with one attached hydrogen (secondary N) is 1. The highest BCUT2D eigenvalue weighted by Crippen LogP contribution is 2.25. The van der Waals surface area contributed by atoms with Gasteiger partial charge in [-0.3, -0.25) is 14.9 Å². The minimum atomic E-state index is -0.891. The summed E-state index contributed by atoms with van der Waals surface area (Å²) >= 11 is 0. The van der Waals surface area contributed by atoms with Gasteiger partial charge in [0.2, 0.25) is 0 Å². The summed E-state index contributed by atoms with van der Waals surface area (Å²) in [6.45, 7) is 6.08. The van der Waals surface area contributed by atoms with Gasteiger partial charge in [-0.15, -0.1) is 0 Å². The molecule has 0 fully saturated rings. The van der Waals surface area contributed by atoms with Crippen molar-refractivity contribution in [2.75, 3.05) is 11.9 Å². The Labute approximate surface area is 117 Å². The zero-order valence-corrected chi connectivity index (χ0v) is 11.8. The average molecular weight is 281 g/mol. The predicted molar refractivity (Wildman–Crippen MR) is 74.6 cm³/mol. The van der Waals surface area contributed by atoms with Gasteiger partial charge in [-0.05, 0) is 11.8 Å². The number of nitro groups is 1. The van der Waals surface area contributed by atoms with Gasteiger partial charge in [-0.25, -0.2) is 4.98 Å². The van der Waals surface area contributed by atoms with Crippen molar-refractivity contribution in [1.29, 1.82) is 0 Å². The van der Waals surface area contributed by atoms with E-state index >= 15 is 0 Å². The van der Waals surface area contributed by atoms with Crippen molar-refractivity contribution >= 4 is 17.5 Å². The standard InChI is InChI=1S/C13H19N3O4/c1-13(2,3)7-9(12(17)18)8-15-11-6-10(16(19)20)4-5-14-11/h4-6,9H,7-8H2,1-3H3,(H,14,15)(H,17,18). The number of nitrogens with zero attached hydrogens (tertiary/aromatic N) is 2. The monoisotopic (exact) mass is 281 g/mol. The number of hydrogen-bond acceptors (Lipinski definition) is 5. The van der Waals surface area contributed by atoms with E-state index in [1.54, 1.807) is 0 Å². The maximum Gasteiger partial charge on any atom is 0.308 e. The second-order valence-electron chi connectivity index (χ2n) is 5.84. The smallest absolute Gasteiger partial charge is 0.308 e. The zero-order chi connectivity index (χ0) is 15.3. The largest absolute Gasteiger partial charge is 0.481 e. The molecule has 0 aromatic carbocycles. The van der Waals surface area contributed by atoms with Crippen molar-refractivity contribution in [3.8, 4) is 0 Å². The van der Waals surface area contributed by atoms with E-state index in [9.17, 15) is 20.0 Å². The van der Waals surface area contributed by atoms with Gasteiger partial charge in [0.1, 0.15) is 5.82 Å². The van der Waals surface area contributed by atoms with E-state index in [0.717, 1.165) is 0 Å². The fourth-order valence-electron chi connectivity index (χ4n) is 1.84. The molecule has 110 valence electrons. The third kappa shape index (κ3) is 5.21. The van der Waals surface area contributed by atoms with Crippen LogP contribution in [0.5, 0.6) is 0 Å². The molecule has 1 heterocycles. The summed E-state index contributed by atoms with van der Waals surface area (Å²) < 4.78 is 0. The van der Waals surface area contributed by atoms with Crippen molar-refractivity contribution < 1.29 is 14.8 Å². The van der Waals surface area contributed by atoms with E-state index in [2.05, 4.69) is 10.3 Å². The Morgan fingerprint density at radius 1 is 1.55 bits per heavy atom. The van der Waals surface area contributed by atoms with Crippen molar-refractivity contribution in [3.05, 3.63) is 28.4 Å². The predicted octanol–water partition coefficient (Wildman–Crippen LogP) is 2.54. The molecule has 1 unspecified atom stereocenters. The molecule has 1 rings (SSSR count). The highest BCUT2D eigenvalue weighted by molar-refractivity contribution is 5.70. The first kappa shape index (κ1) is 15.9. The SMILES string of the molecule is CC(C)(C)CC(CNc1cc([N+](=O)[O-])ccn1)C(=O)O. The molecule has 0 radical (unpaired) electrons. The summed E-state index contributed by atoms with van der Waals surface area (Å²) in [4.78, 5) is 25.3. The molecule has 0 aliphatic rings. The van der Waals surface area contributed by atoms with Gasteiger partial charge in [-0.2, -0.15) is 0 Å². The van der Waals surface area contributed by atoms with Crippen LogP contribution in [0.1, 0.15) is 27.2 Å². The van der Waals surface area contributed by atoms with Crippen LogP contribution in [0.3, 0.4) is 0 Å². The molecular weight excluding hydrogens is 262 g/mol. The van der Waals surface area contributed by atoms with Crippen molar-refractivity contribution in [2.24, 2.45) is 11.3 Å². The van der Waals surface area contributed by atoms with Gasteiger partial charge in [0.05, 0.1) is 16.9 Å². The molecule has 1 aromatic heterocycles. The first-order valence-electron chi connectivity index (χ1n) is 6.26. The summed E-state index contributed by atoms with van der Waals surface area (Å²) in [6.07, 6.45) is 1.82. The van der Waals surface area contributed by atoms with Gasteiger partial charge < -0.3 is 10.4 Å². The number of carboxylic acids is 1. The normalized spacial score (nSPS) is 12.8. The van der Waals surface area contributed by atoms with Crippen LogP contribution in [0.15, 0.2) is 18.3 Å². The number of pyridine rings is 1. The lowest BCUT2D eigenvalue weighted by molar-refractivity contribution is -0.384. The van der Waals surface area contributed by atoms with Crippen LogP contribution >= 0.6 is 0 Å². The fourth-order valence-corrected chi connectivity index (χ4v) is 1.84. The van der Waals surface area contributed by atoms with Crippen LogP contribution in [0.2, 0.25) is 0 Å². The molecule has 1 atom stereocenters. The van der Waals surface area contributed by atoms with Crippen LogP contribution in [-0.2, 0) is 4.79 Å². The second-order valence-corrected chi connectivity index (χ2v) is 5.84. The number of hydrogen-bond donors (Lipinski definition) is 2. The topological polar surface area (TPSA) is 105 Å². The molecule has 7 nitrogen and oxygen atoms in total. The molecule has 20 heavy (non-hydrogen) atoms. The quantitative estimate of drug-likeness (QED) is 0.613. The molecule has 7 heteroatoms. The highest BCUT2D eigenvalue weighted by atomic mass is 16.6. The Bertz CT molecular complexity index is 497. The number of aromatic nitrogens is 1. The van der Waals surface area contributed by atoms with Gasteiger partial charge in [0.25, 0.3) is 5.69 Å². The molecule has 0 aliphatic carbocycles. The first-order valence-corrected chi connectivity index (χ1v) is 6.26. The van der Waals surface area contributed by atoms with Crippen molar-refractivity contribution in [2.45, 2.75) is 27.2 Å². The summed E-state index contributed by atoms with van der Waals surface area (Å²) in [7, 11) is 0. The first-order chi connectivity index (χ1) is 9.19. The second kappa shape index (κ2) is 6.31. The van der Waals surface area contributed by atoms with E-state index in [-0.39, 0.29) is 17.6 Å². The minimum absolute atomic E-state index is 0.0785. The van der Waals surface area contributed by atoms with Crippen LogP contribution in [0.4, 0.5) is 11.5 Å². The maximum atomic E-state index is 11.2. The zero-order valence-electron chi connectivity index (χ0n) is 11.8. The molecule has 2 N–H and O–H groups in total. The maximum absolute atomic E-state index is 11.2. The minimum Gasteiger partial charge on any atom is -0.481 e. The number of aliphatic carboxylic acids is 1. The number of carbonyl (C=O) groups is 1. The number of carboxylic acid groups (broad SMARTS) is 1. The Morgan fingerprint density at radius 2 is 2.20 bits per heavy atom. The molecule has 0 saturated carbocycles. The Balaban J connectivity index is 2.70. The van der Waals surface area contributed by atoms with E-state index in [0.29, 0.717) is 12.2 Å².